The SMILES string of the molecule is Cl.O=C(NC1CCN(S(=O)(=O)Cc2ccccc2)CC1)C1CCNCC1. The lowest BCUT2D eigenvalue weighted by Gasteiger charge is -2.33. The summed E-state index contributed by atoms with van der Waals surface area (Å²) in [5, 5.41) is 6.38. The maximum absolute atomic E-state index is 12.6. The Balaban J connectivity index is 0.00000243. The summed E-state index contributed by atoms with van der Waals surface area (Å²) in [5.41, 5.74) is 0.809. The standard InChI is InChI=1S/C18H27N3O3S.ClH/c22-18(16-6-10-19-11-7-16)20-17-8-12-21(13-9-17)25(23,24)14-15-4-2-1-3-5-15;/h1-5,16-17,19H,6-14H2,(H,20,22);1H. The second-order valence-electron chi connectivity index (χ2n) is 6.95. The van der Waals surface area contributed by atoms with Gasteiger partial charge in [-0.15, -0.1) is 12.4 Å². The number of hydrogen-bond acceptors (Lipinski definition) is 4. The number of piperidine rings is 2. The molecule has 0 aliphatic carbocycles. The third kappa shape index (κ3) is 5.67. The minimum absolute atomic E-state index is 0. The predicted octanol–water partition coefficient (Wildman–Crippen LogP) is 1.52. The lowest BCUT2D eigenvalue weighted by molar-refractivity contribution is -0.126. The molecule has 0 atom stereocenters. The van der Waals surface area contributed by atoms with Crippen molar-refractivity contribution in [1.29, 1.82) is 0 Å². The molecule has 1 aromatic carbocycles. The number of nitrogens with zero attached hydrogens (tertiary/aromatic N) is 1. The fraction of sp³-hybridized carbons (Fsp3) is 0.611. The molecule has 0 bridgehead atoms. The van der Waals surface area contributed by atoms with E-state index in [4.69, 9.17) is 0 Å². The van der Waals surface area contributed by atoms with E-state index < -0.39 is 10.0 Å². The number of nitrogens with one attached hydrogen (secondary N) is 2. The second-order valence-corrected chi connectivity index (χ2v) is 8.92. The van der Waals surface area contributed by atoms with Crippen molar-refractivity contribution < 1.29 is 13.2 Å². The van der Waals surface area contributed by atoms with E-state index in [0.717, 1.165) is 31.5 Å². The summed E-state index contributed by atoms with van der Waals surface area (Å²) in [6, 6.07) is 9.35. The molecule has 8 heteroatoms. The van der Waals surface area contributed by atoms with E-state index in [-0.39, 0.29) is 36.0 Å². The predicted molar refractivity (Wildman–Crippen MR) is 105 cm³/mol. The summed E-state index contributed by atoms with van der Waals surface area (Å²) in [4.78, 5) is 12.3. The first-order chi connectivity index (χ1) is 12.0. The Morgan fingerprint density at radius 1 is 1.08 bits per heavy atom. The zero-order valence-electron chi connectivity index (χ0n) is 14.9. The summed E-state index contributed by atoms with van der Waals surface area (Å²) in [7, 11) is -3.30. The molecule has 1 amide bonds. The van der Waals surface area contributed by atoms with Crippen LogP contribution in [0.5, 0.6) is 0 Å². The van der Waals surface area contributed by atoms with Gasteiger partial charge in [0.2, 0.25) is 15.9 Å². The number of carbonyl (C=O) groups is 1. The third-order valence-corrected chi connectivity index (χ3v) is 6.95. The third-order valence-electron chi connectivity index (χ3n) is 5.10. The minimum atomic E-state index is -3.30. The molecule has 3 rings (SSSR count). The zero-order valence-corrected chi connectivity index (χ0v) is 16.5. The highest BCUT2D eigenvalue weighted by molar-refractivity contribution is 7.88. The number of sulfonamides is 1. The topological polar surface area (TPSA) is 78.5 Å². The van der Waals surface area contributed by atoms with Gasteiger partial charge in [-0.2, -0.15) is 0 Å². The fourth-order valence-electron chi connectivity index (χ4n) is 3.56. The summed E-state index contributed by atoms with van der Waals surface area (Å²) in [6.07, 6.45) is 3.14. The highest BCUT2D eigenvalue weighted by atomic mass is 35.5. The van der Waals surface area contributed by atoms with Gasteiger partial charge in [0, 0.05) is 25.0 Å². The Hall–Kier alpha value is -1.15. The number of carbonyl (C=O) groups excluding carboxylic acids is 1. The molecule has 2 N–H and O–H groups in total. The van der Waals surface area contributed by atoms with Gasteiger partial charge in [-0.05, 0) is 44.3 Å². The van der Waals surface area contributed by atoms with Crippen LogP contribution in [0.3, 0.4) is 0 Å². The van der Waals surface area contributed by atoms with Crippen molar-refractivity contribution in [2.45, 2.75) is 37.5 Å². The van der Waals surface area contributed by atoms with Crippen molar-refractivity contribution in [2.75, 3.05) is 26.2 Å². The van der Waals surface area contributed by atoms with Gasteiger partial charge in [0.25, 0.3) is 0 Å². The fourth-order valence-corrected chi connectivity index (χ4v) is 5.12. The number of rotatable bonds is 5. The van der Waals surface area contributed by atoms with Crippen LogP contribution in [0.25, 0.3) is 0 Å². The van der Waals surface area contributed by atoms with Crippen LogP contribution in [0.15, 0.2) is 30.3 Å². The Kier molecular flexibility index (Phi) is 7.88. The molecule has 0 saturated carbocycles. The van der Waals surface area contributed by atoms with Gasteiger partial charge in [0.1, 0.15) is 0 Å². The normalized spacial score (nSPS) is 20.3. The maximum Gasteiger partial charge on any atom is 0.223 e. The largest absolute Gasteiger partial charge is 0.353 e. The molecule has 0 spiro atoms. The molecule has 26 heavy (non-hydrogen) atoms. The van der Waals surface area contributed by atoms with Crippen LogP contribution in [0.2, 0.25) is 0 Å². The summed E-state index contributed by atoms with van der Waals surface area (Å²) in [6.45, 7) is 2.75. The first kappa shape index (κ1) is 21.2. The molecular weight excluding hydrogens is 374 g/mol. The summed E-state index contributed by atoms with van der Waals surface area (Å²) in [5.74, 6) is 0.271. The Morgan fingerprint density at radius 3 is 2.31 bits per heavy atom. The van der Waals surface area contributed by atoms with Gasteiger partial charge in [-0.25, -0.2) is 12.7 Å². The molecule has 2 fully saturated rings. The van der Waals surface area contributed by atoms with Gasteiger partial charge in [-0.1, -0.05) is 30.3 Å². The molecule has 6 nitrogen and oxygen atoms in total. The molecule has 0 radical (unpaired) electrons. The van der Waals surface area contributed by atoms with Gasteiger partial charge in [0.15, 0.2) is 0 Å². The van der Waals surface area contributed by atoms with Crippen molar-refractivity contribution >= 4 is 28.3 Å². The highest BCUT2D eigenvalue weighted by Gasteiger charge is 2.30. The van der Waals surface area contributed by atoms with Crippen LogP contribution >= 0.6 is 12.4 Å². The summed E-state index contributed by atoms with van der Waals surface area (Å²) >= 11 is 0. The van der Waals surface area contributed by atoms with E-state index in [1.54, 1.807) is 4.31 Å². The van der Waals surface area contributed by atoms with Crippen LogP contribution < -0.4 is 10.6 Å². The van der Waals surface area contributed by atoms with Gasteiger partial charge < -0.3 is 10.6 Å². The first-order valence-electron chi connectivity index (χ1n) is 9.07. The Bertz CT molecular complexity index is 670. The van der Waals surface area contributed by atoms with Crippen molar-refractivity contribution in [3.8, 4) is 0 Å². The number of halogens is 1. The van der Waals surface area contributed by atoms with Crippen LogP contribution in [-0.4, -0.2) is 50.9 Å². The summed E-state index contributed by atoms with van der Waals surface area (Å²) < 4.78 is 26.7. The molecule has 0 aromatic heterocycles. The first-order valence-corrected chi connectivity index (χ1v) is 10.7. The van der Waals surface area contributed by atoms with Crippen molar-refractivity contribution in [2.24, 2.45) is 5.92 Å². The smallest absolute Gasteiger partial charge is 0.223 e. The number of amides is 1. The molecule has 2 aliphatic heterocycles. The monoisotopic (exact) mass is 401 g/mol. The number of hydrogen-bond donors (Lipinski definition) is 2. The zero-order chi connectivity index (χ0) is 17.7. The van der Waals surface area contributed by atoms with E-state index in [1.165, 1.54) is 0 Å². The molecular formula is C18H28ClN3O3S. The van der Waals surface area contributed by atoms with Crippen LogP contribution in [-0.2, 0) is 20.6 Å². The average molecular weight is 402 g/mol. The van der Waals surface area contributed by atoms with Gasteiger partial charge in [0.05, 0.1) is 5.75 Å². The van der Waals surface area contributed by atoms with Crippen LogP contribution in [0.4, 0.5) is 0 Å². The van der Waals surface area contributed by atoms with Crippen molar-refractivity contribution in [3.05, 3.63) is 35.9 Å². The minimum Gasteiger partial charge on any atom is -0.353 e. The Labute approximate surface area is 162 Å². The van der Waals surface area contributed by atoms with Crippen LogP contribution in [0, 0.1) is 5.92 Å². The van der Waals surface area contributed by atoms with E-state index in [0.29, 0.717) is 25.9 Å². The van der Waals surface area contributed by atoms with E-state index in [9.17, 15) is 13.2 Å². The second kappa shape index (κ2) is 9.69. The average Bonchev–Trinajstić information content (AvgIpc) is 2.63. The molecule has 2 saturated heterocycles. The molecule has 2 heterocycles. The molecule has 1 aromatic rings. The number of benzene rings is 1. The lowest BCUT2D eigenvalue weighted by Crippen LogP contribution is -2.49. The van der Waals surface area contributed by atoms with Crippen molar-refractivity contribution in [3.63, 3.8) is 0 Å². The molecule has 2 aliphatic rings. The lowest BCUT2D eigenvalue weighted by atomic mass is 9.96. The van der Waals surface area contributed by atoms with Crippen LogP contribution in [0.1, 0.15) is 31.2 Å². The van der Waals surface area contributed by atoms with Gasteiger partial charge >= 0.3 is 0 Å². The van der Waals surface area contributed by atoms with Crippen molar-refractivity contribution in [1.82, 2.24) is 14.9 Å². The maximum atomic E-state index is 12.6. The van der Waals surface area contributed by atoms with E-state index >= 15 is 0 Å². The molecule has 0 unspecified atom stereocenters. The Morgan fingerprint density at radius 2 is 1.69 bits per heavy atom. The van der Waals surface area contributed by atoms with Gasteiger partial charge in [-0.3, -0.25) is 4.79 Å². The molecule has 146 valence electrons. The quantitative estimate of drug-likeness (QED) is 0.784. The highest BCUT2D eigenvalue weighted by Crippen LogP contribution is 2.19. The van der Waals surface area contributed by atoms with E-state index in [1.807, 2.05) is 30.3 Å². The van der Waals surface area contributed by atoms with E-state index in [2.05, 4.69) is 10.6 Å².